The van der Waals surface area contributed by atoms with Gasteiger partial charge >= 0.3 is 6.03 Å². The summed E-state index contributed by atoms with van der Waals surface area (Å²) in [6, 6.07) is 0.182. The zero-order valence-corrected chi connectivity index (χ0v) is 13.7. The van der Waals surface area contributed by atoms with Crippen LogP contribution < -0.4 is 10.6 Å². The molecule has 0 aliphatic heterocycles. The number of aromatic nitrogens is 3. The van der Waals surface area contributed by atoms with Crippen molar-refractivity contribution in [3.05, 3.63) is 12.2 Å². The Morgan fingerprint density at radius 2 is 2.24 bits per heavy atom. The van der Waals surface area contributed by atoms with Crippen LogP contribution in [0.5, 0.6) is 0 Å². The molecule has 1 saturated carbocycles. The summed E-state index contributed by atoms with van der Waals surface area (Å²) in [5.41, 5.74) is 0. The molecule has 2 unspecified atom stereocenters. The highest BCUT2D eigenvalue weighted by atomic mass is 32.2. The third kappa shape index (κ3) is 4.62. The summed E-state index contributed by atoms with van der Waals surface area (Å²) in [5, 5.41) is 14.4. The SMILES string of the molecule is CCSC1CCCCC1NC(=O)NCc1nncn1CC. The zero-order chi connectivity index (χ0) is 15.1. The molecule has 1 aromatic heterocycles. The number of hydrogen-bond donors (Lipinski definition) is 2. The summed E-state index contributed by atoms with van der Waals surface area (Å²) in [4.78, 5) is 12.1. The fraction of sp³-hybridized carbons (Fsp3) is 0.786. The number of carbonyl (C=O) groups excluding carboxylic acids is 1. The second kappa shape index (κ2) is 8.26. The Labute approximate surface area is 130 Å². The third-order valence-electron chi connectivity index (χ3n) is 3.84. The third-order valence-corrected chi connectivity index (χ3v) is 5.17. The van der Waals surface area contributed by atoms with Crippen molar-refractivity contribution in [1.29, 1.82) is 0 Å². The molecule has 0 aromatic carbocycles. The van der Waals surface area contributed by atoms with E-state index in [-0.39, 0.29) is 12.1 Å². The summed E-state index contributed by atoms with van der Waals surface area (Å²) in [5.74, 6) is 1.89. The Bertz CT molecular complexity index is 448. The van der Waals surface area contributed by atoms with E-state index in [9.17, 15) is 4.79 Å². The Hall–Kier alpha value is -1.24. The van der Waals surface area contributed by atoms with Crippen LogP contribution in [-0.4, -0.2) is 37.8 Å². The minimum Gasteiger partial charge on any atom is -0.334 e. The fourth-order valence-electron chi connectivity index (χ4n) is 2.73. The smallest absolute Gasteiger partial charge is 0.315 e. The molecule has 7 heteroatoms. The minimum absolute atomic E-state index is 0.103. The first-order chi connectivity index (χ1) is 10.2. The van der Waals surface area contributed by atoms with Gasteiger partial charge in [-0.3, -0.25) is 0 Å². The molecule has 1 heterocycles. The second-order valence-electron chi connectivity index (χ2n) is 5.24. The van der Waals surface area contributed by atoms with Crippen LogP contribution in [0.4, 0.5) is 4.79 Å². The molecule has 2 N–H and O–H groups in total. The zero-order valence-electron chi connectivity index (χ0n) is 12.8. The fourth-order valence-corrected chi connectivity index (χ4v) is 3.93. The van der Waals surface area contributed by atoms with E-state index in [0.29, 0.717) is 11.8 Å². The van der Waals surface area contributed by atoms with Crippen molar-refractivity contribution in [2.45, 2.75) is 63.9 Å². The molecule has 1 fully saturated rings. The lowest BCUT2D eigenvalue weighted by molar-refractivity contribution is 0.232. The number of thioether (sulfide) groups is 1. The van der Waals surface area contributed by atoms with Gasteiger partial charge in [0.2, 0.25) is 0 Å². The number of hydrogen-bond acceptors (Lipinski definition) is 4. The Morgan fingerprint density at radius 1 is 1.43 bits per heavy atom. The van der Waals surface area contributed by atoms with Gasteiger partial charge in [-0.15, -0.1) is 10.2 Å². The van der Waals surface area contributed by atoms with E-state index in [4.69, 9.17) is 0 Å². The number of aryl methyl sites for hydroxylation is 1. The van der Waals surface area contributed by atoms with Crippen LogP contribution in [0.2, 0.25) is 0 Å². The van der Waals surface area contributed by atoms with Crippen LogP contribution in [-0.2, 0) is 13.1 Å². The van der Waals surface area contributed by atoms with Gasteiger partial charge in [-0.25, -0.2) is 4.79 Å². The van der Waals surface area contributed by atoms with Crippen LogP contribution in [0.3, 0.4) is 0 Å². The van der Waals surface area contributed by atoms with Crippen LogP contribution in [0.1, 0.15) is 45.4 Å². The van der Waals surface area contributed by atoms with E-state index in [1.54, 1.807) is 6.33 Å². The number of carbonyl (C=O) groups is 1. The molecule has 118 valence electrons. The predicted octanol–water partition coefficient (Wildman–Crippen LogP) is 2.16. The molecular weight excluding hydrogens is 286 g/mol. The van der Waals surface area contributed by atoms with Gasteiger partial charge in [0.15, 0.2) is 5.82 Å². The molecule has 6 nitrogen and oxygen atoms in total. The van der Waals surface area contributed by atoms with Gasteiger partial charge in [0.05, 0.1) is 6.54 Å². The Morgan fingerprint density at radius 3 is 3.00 bits per heavy atom. The van der Waals surface area contributed by atoms with Crippen molar-refractivity contribution in [3.8, 4) is 0 Å². The highest BCUT2D eigenvalue weighted by Gasteiger charge is 2.26. The average molecular weight is 311 g/mol. The highest BCUT2D eigenvalue weighted by Crippen LogP contribution is 2.28. The van der Waals surface area contributed by atoms with E-state index >= 15 is 0 Å². The van der Waals surface area contributed by atoms with Gasteiger partial charge in [0.1, 0.15) is 6.33 Å². The minimum atomic E-state index is -0.103. The molecule has 1 aromatic rings. The summed E-state index contributed by atoms with van der Waals surface area (Å²) in [6.45, 7) is 5.43. The van der Waals surface area contributed by atoms with E-state index in [1.165, 1.54) is 19.3 Å². The lowest BCUT2D eigenvalue weighted by Gasteiger charge is -2.31. The van der Waals surface area contributed by atoms with Crippen LogP contribution in [0.15, 0.2) is 6.33 Å². The van der Waals surface area contributed by atoms with Crippen molar-refractivity contribution < 1.29 is 4.79 Å². The lowest BCUT2D eigenvalue weighted by Crippen LogP contribution is -2.48. The topological polar surface area (TPSA) is 71.8 Å². The summed E-state index contributed by atoms with van der Waals surface area (Å²) in [6.07, 6.45) is 6.45. The Balaban J connectivity index is 1.80. The van der Waals surface area contributed by atoms with E-state index in [2.05, 4.69) is 27.8 Å². The van der Waals surface area contributed by atoms with Crippen LogP contribution in [0, 0.1) is 0 Å². The van der Waals surface area contributed by atoms with Crippen molar-refractivity contribution in [2.75, 3.05) is 5.75 Å². The first-order valence-electron chi connectivity index (χ1n) is 7.77. The van der Waals surface area contributed by atoms with Gasteiger partial charge in [0, 0.05) is 17.8 Å². The molecule has 2 atom stereocenters. The quantitative estimate of drug-likeness (QED) is 0.844. The number of nitrogens with one attached hydrogen (secondary N) is 2. The first kappa shape index (κ1) is 16.1. The maximum atomic E-state index is 12.1. The van der Waals surface area contributed by atoms with Crippen molar-refractivity contribution >= 4 is 17.8 Å². The monoisotopic (exact) mass is 311 g/mol. The maximum absolute atomic E-state index is 12.1. The summed E-state index contributed by atoms with van der Waals surface area (Å²) < 4.78 is 1.93. The molecule has 0 spiro atoms. The van der Waals surface area contributed by atoms with Gasteiger partial charge < -0.3 is 15.2 Å². The largest absolute Gasteiger partial charge is 0.334 e. The van der Waals surface area contributed by atoms with Crippen molar-refractivity contribution in [2.24, 2.45) is 0 Å². The van der Waals surface area contributed by atoms with E-state index in [0.717, 1.165) is 24.5 Å². The normalized spacial score (nSPS) is 22.0. The highest BCUT2D eigenvalue weighted by molar-refractivity contribution is 7.99. The summed E-state index contributed by atoms with van der Waals surface area (Å²) >= 11 is 1.96. The van der Waals surface area contributed by atoms with Crippen molar-refractivity contribution in [1.82, 2.24) is 25.4 Å². The molecule has 2 amide bonds. The van der Waals surface area contributed by atoms with Crippen LogP contribution >= 0.6 is 11.8 Å². The number of urea groups is 1. The summed E-state index contributed by atoms with van der Waals surface area (Å²) in [7, 11) is 0. The van der Waals surface area contributed by atoms with Crippen LogP contribution in [0.25, 0.3) is 0 Å². The average Bonchev–Trinajstić information content (AvgIpc) is 2.95. The lowest BCUT2D eigenvalue weighted by atomic mass is 9.95. The van der Waals surface area contributed by atoms with Crippen molar-refractivity contribution in [3.63, 3.8) is 0 Å². The number of amides is 2. The number of nitrogens with zero attached hydrogens (tertiary/aromatic N) is 3. The van der Waals surface area contributed by atoms with Gasteiger partial charge in [0.25, 0.3) is 0 Å². The molecule has 21 heavy (non-hydrogen) atoms. The van der Waals surface area contributed by atoms with E-state index in [1.807, 2.05) is 23.3 Å². The second-order valence-corrected chi connectivity index (χ2v) is 6.76. The molecule has 1 aliphatic rings. The first-order valence-corrected chi connectivity index (χ1v) is 8.82. The maximum Gasteiger partial charge on any atom is 0.315 e. The molecule has 2 rings (SSSR count). The number of rotatable bonds is 6. The van der Waals surface area contributed by atoms with E-state index < -0.39 is 0 Å². The molecule has 0 bridgehead atoms. The van der Waals surface area contributed by atoms with Gasteiger partial charge in [-0.05, 0) is 25.5 Å². The molecular formula is C14H25N5OS. The van der Waals surface area contributed by atoms with Gasteiger partial charge in [-0.2, -0.15) is 11.8 Å². The molecule has 0 saturated heterocycles. The predicted molar refractivity (Wildman–Crippen MR) is 85.2 cm³/mol. The van der Waals surface area contributed by atoms with Gasteiger partial charge in [-0.1, -0.05) is 19.8 Å². The molecule has 0 radical (unpaired) electrons. The standard InChI is InChI=1S/C14H25N5OS/c1-3-19-10-16-18-13(19)9-15-14(20)17-11-7-5-6-8-12(11)21-4-2/h10-12H,3-9H2,1-2H3,(H2,15,17,20). The Kier molecular flexibility index (Phi) is 6.35. The molecule has 1 aliphatic carbocycles.